The Labute approximate surface area is 727 Å². The van der Waals surface area contributed by atoms with Crippen molar-refractivity contribution in [3.8, 4) is 0 Å². The van der Waals surface area contributed by atoms with Gasteiger partial charge in [0.25, 0.3) is 0 Å². The molecule has 0 saturated heterocycles. The van der Waals surface area contributed by atoms with Crippen LogP contribution in [0.4, 0.5) is 0 Å². The molecule has 0 aliphatic carbocycles. The van der Waals surface area contributed by atoms with E-state index in [1.165, 1.54) is 0 Å². The van der Waals surface area contributed by atoms with Crippen molar-refractivity contribution in [1.29, 1.82) is 0 Å². The van der Waals surface area contributed by atoms with Gasteiger partial charge in [0.05, 0.1) is 0 Å². The van der Waals surface area contributed by atoms with Crippen molar-refractivity contribution in [2.75, 3.05) is 0 Å². The van der Waals surface area contributed by atoms with E-state index in [0.717, 1.165) is 0 Å². The van der Waals surface area contributed by atoms with Gasteiger partial charge in [0.2, 0.25) is 0 Å². The maximum Gasteiger partial charge on any atom is 0 e. The first-order valence-corrected chi connectivity index (χ1v) is 0. The quantitative estimate of drug-likeness (QED) is 0.204. The van der Waals surface area contributed by atoms with Crippen molar-refractivity contribution in [2.24, 2.45) is 0 Å². The summed E-state index contributed by atoms with van der Waals surface area (Å²) in [5.74, 6) is 0. The fraction of sp³-hybridized carbons (Fsp3) is 0. The van der Waals surface area contributed by atoms with E-state index in [-0.39, 0.29) is 747 Å². The number of hydrogen-bond acceptors (Lipinski definition) is 0. The molecule has 0 aliphatic heterocycles. The third kappa shape index (κ3) is 1630. The molecule has 0 aliphatic rings. The smallest absolute Gasteiger partial charge is 0 e. The van der Waals surface area contributed by atoms with Gasteiger partial charge in [0.15, 0.2) is 0 Å². The fourth-order valence-electron chi connectivity index (χ4n) is 0. The molecule has 41 nitrogen and oxygen atoms in total. The molecule has 0 heterocycles. The maximum absolute atomic E-state index is 0. The van der Waals surface area contributed by atoms with Crippen LogP contribution < -0.4 is 0 Å². The minimum absolute atomic E-state index is 0. The molecule has 0 bridgehead atoms. The molecule has 0 fully saturated rings. The molecule has 0 unspecified atom stereocenters. The Bertz CT molecular complexity index is 77.8. The van der Waals surface area contributed by atoms with Crippen molar-refractivity contribution in [3.63, 3.8) is 0 Å². The molecular formula is H82K5NbO41SiW11. The van der Waals surface area contributed by atoms with E-state index in [9.17, 15) is 0 Å². The summed E-state index contributed by atoms with van der Waals surface area (Å²) in [4.78, 5) is 0. The molecule has 59 heavy (non-hydrogen) atoms. The van der Waals surface area contributed by atoms with Crippen LogP contribution in [0.15, 0.2) is 0 Å². The van der Waals surface area contributed by atoms with Crippen LogP contribution >= 0.6 is 0 Å². The average molecular weight is 3080 g/mol. The minimum atomic E-state index is 0. The summed E-state index contributed by atoms with van der Waals surface area (Å²) in [6, 6.07) is 0. The first-order valence-electron chi connectivity index (χ1n) is 0. The van der Waals surface area contributed by atoms with Gasteiger partial charge >= 0.3 is 0 Å². The van der Waals surface area contributed by atoms with Gasteiger partial charge in [-0.1, -0.05) is 0 Å². The van der Waals surface area contributed by atoms with Gasteiger partial charge in [-0.15, -0.1) is 0 Å². The zero-order valence-corrected chi connectivity index (χ0v) is 82.0. The van der Waals surface area contributed by atoms with Crippen LogP contribution in [0, 0.1) is 0 Å². The monoisotopic (exact) mass is 3080 g/mol. The first-order chi connectivity index (χ1) is 0. The van der Waals surface area contributed by atoms with Crippen LogP contribution in [-0.2, 0) is 254 Å². The molecule has 10 radical (unpaired) electrons. The first kappa shape index (κ1) is 1740. The Morgan fingerprint density at radius 2 is 0.0847 bits per heavy atom. The molecule has 0 spiro atoms. The Morgan fingerprint density at radius 3 is 0.0847 bits per heavy atom. The second-order valence-electron chi connectivity index (χ2n) is 0. The summed E-state index contributed by atoms with van der Waals surface area (Å²) in [5.41, 5.74) is 0. The van der Waals surface area contributed by atoms with Crippen LogP contribution in [0.5, 0.6) is 0 Å². The normalized spacial score (nSPS) is 0. The Balaban J connectivity index is 0. The zero-order valence-electron chi connectivity index (χ0n) is 30.9. The van der Waals surface area contributed by atoms with E-state index in [4.69, 9.17) is 0 Å². The van der Waals surface area contributed by atoms with Crippen LogP contribution in [0.3, 0.4) is 0 Å². The van der Waals surface area contributed by atoms with Gasteiger partial charge in [0.1, 0.15) is 0 Å². The summed E-state index contributed by atoms with van der Waals surface area (Å²) in [6.07, 6.45) is 0. The third-order valence-corrected chi connectivity index (χ3v) is 0. The van der Waals surface area contributed by atoms with Crippen molar-refractivity contribution >= 4 is 268 Å². The number of hydrogen-bond donors (Lipinski definition) is 0. The van der Waals surface area contributed by atoms with E-state index in [1.54, 1.807) is 0 Å². The molecule has 0 amide bonds. The molecule has 0 aromatic carbocycles. The van der Waals surface area contributed by atoms with E-state index in [0.29, 0.717) is 0 Å². The van der Waals surface area contributed by atoms with Crippen molar-refractivity contribution in [3.05, 3.63) is 0 Å². The van der Waals surface area contributed by atoms with Gasteiger partial charge in [-0.05, 0) is 0 Å². The second-order valence-corrected chi connectivity index (χ2v) is 0. The Hall–Kier alpha value is 15.1. The van der Waals surface area contributed by atoms with E-state index in [1.807, 2.05) is 0 Å². The van der Waals surface area contributed by atoms with Gasteiger partial charge in [0, 0.05) is 522 Å². The summed E-state index contributed by atoms with van der Waals surface area (Å²) in [6.45, 7) is 0. The molecule has 0 rings (SSSR count). The molecule has 59 heteroatoms. The summed E-state index contributed by atoms with van der Waals surface area (Å²) in [5, 5.41) is 0. The second kappa shape index (κ2) is 1670. The molecule has 0 atom stereocenters. The van der Waals surface area contributed by atoms with Gasteiger partial charge < -0.3 is 225 Å². The van der Waals surface area contributed by atoms with E-state index < -0.39 is 0 Å². The number of rotatable bonds is 0. The summed E-state index contributed by atoms with van der Waals surface area (Å²) >= 11 is 0. The third-order valence-electron chi connectivity index (χ3n) is 0. The van der Waals surface area contributed by atoms with Crippen molar-refractivity contribution < 1.29 is 479 Å². The standard InChI is InChI=1S/5K.Nb.41H2O.Si.11W/h;;;;;;41*1H2;;;;;;;;;;;;. The summed E-state index contributed by atoms with van der Waals surface area (Å²) in [7, 11) is 0. The van der Waals surface area contributed by atoms with E-state index in [2.05, 4.69) is 0 Å². The predicted molar refractivity (Wildman–Crippen MR) is 183 cm³/mol. The van der Waals surface area contributed by atoms with Crippen LogP contribution in [0.2, 0.25) is 0 Å². The molecule has 0 aromatic heterocycles. The minimum Gasteiger partial charge on any atom is -0.412 e. The average Bonchev–Trinajstić information content (AvgIpc) is 0. The Kier molecular flexibility index (Phi) is 49300. The molecule has 0 saturated carbocycles. The largest absolute Gasteiger partial charge is 0.412 e. The van der Waals surface area contributed by atoms with Crippen molar-refractivity contribution in [1.82, 2.24) is 0 Å². The maximum atomic E-state index is 0. The summed E-state index contributed by atoms with van der Waals surface area (Å²) < 4.78 is 0. The Morgan fingerprint density at radius 1 is 0.0847 bits per heavy atom. The zero-order chi connectivity index (χ0) is 0. The SMILES string of the molecule is O.O.O.O.O.O.O.O.O.O.O.O.O.O.O.O.O.O.O.O.O.O.O.O.O.O.O.O.O.O.O.O.O.O.O.O.O.O.O.O.O.[K].[K].[K].[K].[K].[Nb].[Si].[W].[W].[W].[W].[W].[W].[W].[W].[W].[W].[W]. The predicted octanol–water partition coefficient (Wildman–Crippen LogP) is -36.1. The van der Waals surface area contributed by atoms with Crippen LogP contribution in [0.25, 0.3) is 0 Å². The molecule has 82 N–H and O–H groups in total. The van der Waals surface area contributed by atoms with Gasteiger partial charge in [-0.2, -0.15) is 0 Å². The van der Waals surface area contributed by atoms with Crippen LogP contribution in [0.1, 0.15) is 0 Å². The van der Waals surface area contributed by atoms with E-state index >= 15 is 0 Å². The molecule has 408 valence electrons. The topological polar surface area (TPSA) is 1290 Å². The van der Waals surface area contributed by atoms with Gasteiger partial charge in [-0.3, -0.25) is 0 Å². The molecule has 0 aromatic rings. The van der Waals surface area contributed by atoms with Gasteiger partial charge in [-0.25, -0.2) is 0 Å². The fourth-order valence-corrected chi connectivity index (χ4v) is 0. The van der Waals surface area contributed by atoms with Crippen molar-refractivity contribution in [2.45, 2.75) is 0 Å². The molecular weight excluding hydrogens is 2990 g/mol. The van der Waals surface area contributed by atoms with Crippen LogP contribution in [-0.4, -0.2) is 492 Å².